The van der Waals surface area contributed by atoms with Crippen LogP contribution >= 0.6 is 0 Å². The van der Waals surface area contributed by atoms with Crippen molar-refractivity contribution in [2.45, 2.75) is 33.0 Å². The van der Waals surface area contributed by atoms with Crippen molar-refractivity contribution < 1.29 is 28.4 Å². The summed E-state index contributed by atoms with van der Waals surface area (Å²) < 4.78 is 30.3. The first-order valence-corrected chi connectivity index (χ1v) is 7.40. The maximum absolute atomic E-state index is 5.39. The topological polar surface area (TPSA) is 55.4 Å². The van der Waals surface area contributed by atoms with Gasteiger partial charge in [-0.1, -0.05) is 0 Å². The van der Waals surface area contributed by atoms with Crippen molar-refractivity contribution in [1.29, 1.82) is 0 Å². The summed E-state index contributed by atoms with van der Waals surface area (Å²) in [7, 11) is 5.00. The van der Waals surface area contributed by atoms with E-state index in [0.717, 1.165) is 6.61 Å². The van der Waals surface area contributed by atoms with Crippen LogP contribution in [0.5, 0.6) is 0 Å². The van der Waals surface area contributed by atoms with Gasteiger partial charge in [-0.2, -0.15) is 0 Å². The maximum Gasteiger partial charge on any atom is 0.0781 e. The summed E-state index contributed by atoms with van der Waals surface area (Å²) in [4.78, 5) is 0. The van der Waals surface area contributed by atoms with Crippen LogP contribution in [0.4, 0.5) is 0 Å². The molecule has 0 fully saturated rings. The molecule has 0 saturated carbocycles. The van der Waals surface area contributed by atoms with Crippen molar-refractivity contribution in [1.82, 2.24) is 0 Å². The Labute approximate surface area is 130 Å². The van der Waals surface area contributed by atoms with Gasteiger partial charge in [0.05, 0.1) is 51.8 Å². The first-order chi connectivity index (χ1) is 10.1. The quantitative estimate of drug-likeness (QED) is 0.483. The molecule has 0 N–H and O–H groups in total. The summed E-state index contributed by atoms with van der Waals surface area (Å²) in [6, 6.07) is 0. The van der Waals surface area contributed by atoms with Crippen LogP contribution < -0.4 is 0 Å². The second-order valence-electron chi connectivity index (χ2n) is 4.45. The number of methoxy groups -OCH3 is 3. The smallest absolute Gasteiger partial charge is 0.0781 e. The van der Waals surface area contributed by atoms with Crippen LogP contribution in [0.2, 0.25) is 0 Å². The predicted octanol–water partition coefficient (Wildman–Crippen LogP) is 1.76. The van der Waals surface area contributed by atoms with E-state index in [0.29, 0.717) is 39.6 Å². The van der Waals surface area contributed by atoms with E-state index in [1.807, 2.05) is 20.8 Å². The molecule has 0 bridgehead atoms. The number of hydrogen-bond donors (Lipinski definition) is 0. The Balaban J connectivity index is 0. The molecule has 2 atom stereocenters. The third-order valence-corrected chi connectivity index (χ3v) is 2.43. The normalized spacial score (nSPS) is 13.4. The molecule has 0 amide bonds. The minimum atomic E-state index is 0.151. The molecule has 2 unspecified atom stereocenters. The van der Waals surface area contributed by atoms with E-state index < -0.39 is 0 Å². The molecule has 0 aliphatic rings. The fourth-order valence-corrected chi connectivity index (χ4v) is 1.16. The van der Waals surface area contributed by atoms with Gasteiger partial charge in [-0.3, -0.25) is 0 Å². The second-order valence-corrected chi connectivity index (χ2v) is 4.45. The Morgan fingerprint density at radius 2 is 1.33 bits per heavy atom. The van der Waals surface area contributed by atoms with Crippen molar-refractivity contribution in [3.05, 3.63) is 0 Å². The molecule has 6 heteroatoms. The van der Waals surface area contributed by atoms with Gasteiger partial charge in [0.15, 0.2) is 0 Å². The summed E-state index contributed by atoms with van der Waals surface area (Å²) in [5.74, 6) is 0. The van der Waals surface area contributed by atoms with Crippen LogP contribution in [-0.2, 0) is 28.4 Å². The maximum atomic E-state index is 5.39. The summed E-state index contributed by atoms with van der Waals surface area (Å²) in [6.07, 6.45) is 0.312. The first-order valence-electron chi connectivity index (χ1n) is 7.40. The van der Waals surface area contributed by atoms with Crippen LogP contribution in [0.15, 0.2) is 0 Å². The summed E-state index contributed by atoms with van der Waals surface area (Å²) in [5, 5.41) is 0. The van der Waals surface area contributed by atoms with Gasteiger partial charge in [0, 0.05) is 27.9 Å². The highest BCUT2D eigenvalue weighted by Gasteiger charge is 2.04. The highest BCUT2D eigenvalue weighted by atomic mass is 16.6. The largest absolute Gasteiger partial charge is 0.382 e. The second kappa shape index (κ2) is 19.8. The lowest BCUT2D eigenvalue weighted by molar-refractivity contribution is -0.0386. The van der Waals surface area contributed by atoms with Crippen molar-refractivity contribution in [3.8, 4) is 0 Å². The van der Waals surface area contributed by atoms with Gasteiger partial charge >= 0.3 is 0 Å². The van der Waals surface area contributed by atoms with E-state index >= 15 is 0 Å². The Hall–Kier alpha value is -0.240. The van der Waals surface area contributed by atoms with Crippen LogP contribution in [0.25, 0.3) is 0 Å². The van der Waals surface area contributed by atoms with E-state index in [1.54, 1.807) is 21.3 Å². The zero-order valence-electron chi connectivity index (χ0n) is 14.6. The third kappa shape index (κ3) is 22.2. The SMILES string of the molecule is CCOCCOCCOC.COCC(C)OCC(C)OC. The zero-order valence-corrected chi connectivity index (χ0v) is 14.6. The molecule has 0 aliphatic carbocycles. The Kier molecular flexibility index (Phi) is 21.7. The highest BCUT2D eigenvalue weighted by molar-refractivity contribution is 4.50. The Morgan fingerprint density at radius 3 is 1.86 bits per heavy atom. The van der Waals surface area contributed by atoms with Crippen molar-refractivity contribution in [2.24, 2.45) is 0 Å². The number of rotatable bonds is 13. The van der Waals surface area contributed by atoms with Gasteiger partial charge in [-0.15, -0.1) is 0 Å². The van der Waals surface area contributed by atoms with E-state index in [4.69, 9.17) is 28.4 Å². The first kappa shape index (κ1) is 23.0. The standard InChI is InChI=1S/C8H18O3.C7H16O3/c1-7(10-4)6-11-8(2)5-9-3;1-3-9-6-7-10-5-4-8-2/h7-8H,5-6H2,1-4H3;3-7H2,1-2H3. The molecule has 0 spiro atoms. The monoisotopic (exact) mass is 310 g/mol. The van der Waals surface area contributed by atoms with Gasteiger partial charge in [0.1, 0.15) is 0 Å². The average molecular weight is 310 g/mol. The summed E-state index contributed by atoms with van der Waals surface area (Å²) >= 11 is 0. The molecule has 0 radical (unpaired) electrons. The lowest BCUT2D eigenvalue weighted by Crippen LogP contribution is -2.21. The molecule has 0 aromatic heterocycles. The van der Waals surface area contributed by atoms with E-state index in [1.165, 1.54) is 0 Å². The minimum Gasteiger partial charge on any atom is -0.382 e. The van der Waals surface area contributed by atoms with Gasteiger partial charge in [0.25, 0.3) is 0 Å². The lowest BCUT2D eigenvalue weighted by atomic mass is 10.4. The average Bonchev–Trinajstić information content (AvgIpc) is 2.49. The zero-order chi connectivity index (χ0) is 16.3. The van der Waals surface area contributed by atoms with Crippen molar-refractivity contribution >= 4 is 0 Å². The molecule has 0 aromatic rings. The molecule has 6 nitrogen and oxygen atoms in total. The Morgan fingerprint density at radius 1 is 0.714 bits per heavy atom. The fourth-order valence-electron chi connectivity index (χ4n) is 1.16. The molecular weight excluding hydrogens is 276 g/mol. The summed E-state index contributed by atoms with van der Waals surface area (Å²) in [5.41, 5.74) is 0. The van der Waals surface area contributed by atoms with Gasteiger partial charge in [-0.05, 0) is 20.8 Å². The summed E-state index contributed by atoms with van der Waals surface area (Å²) in [6.45, 7) is 10.6. The predicted molar refractivity (Wildman–Crippen MR) is 82.9 cm³/mol. The number of hydrogen-bond acceptors (Lipinski definition) is 6. The third-order valence-electron chi connectivity index (χ3n) is 2.43. The van der Waals surface area contributed by atoms with E-state index in [-0.39, 0.29) is 12.2 Å². The Bertz CT molecular complexity index is 172. The molecule has 130 valence electrons. The number of ether oxygens (including phenoxy) is 6. The van der Waals surface area contributed by atoms with E-state index in [9.17, 15) is 0 Å². The van der Waals surface area contributed by atoms with E-state index in [2.05, 4.69) is 0 Å². The fraction of sp³-hybridized carbons (Fsp3) is 1.00. The van der Waals surface area contributed by atoms with Crippen LogP contribution in [-0.4, -0.2) is 79.8 Å². The highest BCUT2D eigenvalue weighted by Crippen LogP contribution is 1.95. The molecular formula is C15H34O6. The molecule has 0 rings (SSSR count). The van der Waals surface area contributed by atoms with Crippen LogP contribution in [0.3, 0.4) is 0 Å². The van der Waals surface area contributed by atoms with Gasteiger partial charge in [0.2, 0.25) is 0 Å². The molecule has 0 aromatic carbocycles. The molecule has 0 aliphatic heterocycles. The van der Waals surface area contributed by atoms with Crippen LogP contribution in [0, 0.1) is 0 Å². The van der Waals surface area contributed by atoms with Crippen molar-refractivity contribution in [3.63, 3.8) is 0 Å². The lowest BCUT2D eigenvalue weighted by Gasteiger charge is -2.14. The molecule has 0 saturated heterocycles. The molecule has 0 heterocycles. The molecule has 21 heavy (non-hydrogen) atoms. The van der Waals surface area contributed by atoms with Crippen molar-refractivity contribution in [2.75, 3.05) is 67.6 Å². The van der Waals surface area contributed by atoms with Gasteiger partial charge in [-0.25, -0.2) is 0 Å². The van der Waals surface area contributed by atoms with Crippen LogP contribution in [0.1, 0.15) is 20.8 Å². The minimum absolute atomic E-state index is 0.151. The van der Waals surface area contributed by atoms with Gasteiger partial charge < -0.3 is 28.4 Å².